The van der Waals surface area contributed by atoms with E-state index in [0.717, 1.165) is 18.7 Å². The highest BCUT2D eigenvalue weighted by molar-refractivity contribution is 5.26. The van der Waals surface area contributed by atoms with Gasteiger partial charge in [0.2, 0.25) is 0 Å². The molecular weight excluding hydrogens is 138 g/mol. The van der Waals surface area contributed by atoms with Crippen LogP contribution in [0.4, 0.5) is 0 Å². The van der Waals surface area contributed by atoms with Crippen molar-refractivity contribution in [3.05, 3.63) is 18.0 Å². The van der Waals surface area contributed by atoms with Gasteiger partial charge in [-0.3, -0.25) is 4.68 Å². The van der Waals surface area contributed by atoms with Gasteiger partial charge in [-0.25, -0.2) is 0 Å². The van der Waals surface area contributed by atoms with Crippen molar-refractivity contribution in [2.24, 2.45) is 0 Å². The molecule has 0 atom stereocenters. The lowest BCUT2D eigenvalue weighted by Crippen LogP contribution is -2.43. The molecule has 0 saturated carbocycles. The van der Waals surface area contributed by atoms with E-state index in [-0.39, 0.29) is 0 Å². The average Bonchev–Trinajstić information content (AvgIpc) is 2.32. The second-order valence-electron chi connectivity index (χ2n) is 2.67. The highest BCUT2D eigenvalue weighted by atomic mass is 15.3. The van der Waals surface area contributed by atoms with E-state index in [1.165, 1.54) is 0 Å². The van der Waals surface area contributed by atoms with Crippen LogP contribution < -0.4 is 5.32 Å². The fraction of sp³-hybridized carbons (Fsp3) is 0.375. The molecule has 1 aromatic rings. The van der Waals surface area contributed by atoms with Crippen LogP contribution in [0.3, 0.4) is 0 Å². The van der Waals surface area contributed by atoms with E-state index in [2.05, 4.69) is 16.3 Å². The van der Waals surface area contributed by atoms with Gasteiger partial charge in [-0.1, -0.05) is 5.92 Å². The standard InChI is InChI=1S/C8H9N3/c1-2-7-3-10-11(6-7)8-4-9-5-8/h1,3,6,8-9H,4-5H2. The minimum Gasteiger partial charge on any atom is -0.312 e. The summed E-state index contributed by atoms with van der Waals surface area (Å²) < 4.78 is 1.92. The highest BCUT2D eigenvalue weighted by Gasteiger charge is 2.18. The first-order valence-electron chi connectivity index (χ1n) is 3.61. The average molecular weight is 147 g/mol. The Hall–Kier alpha value is -1.27. The summed E-state index contributed by atoms with van der Waals surface area (Å²) in [5.41, 5.74) is 0.858. The Morgan fingerprint density at radius 1 is 1.73 bits per heavy atom. The van der Waals surface area contributed by atoms with Crippen molar-refractivity contribution < 1.29 is 0 Å². The lowest BCUT2D eigenvalue weighted by Gasteiger charge is -2.26. The molecule has 1 saturated heterocycles. The molecule has 0 amide bonds. The van der Waals surface area contributed by atoms with Crippen molar-refractivity contribution in [3.8, 4) is 12.3 Å². The van der Waals surface area contributed by atoms with E-state index >= 15 is 0 Å². The van der Waals surface area contributed by atoms with Crippen LogP contribution in [0.2, 0.25) is 0 Å². The quantitative estimate of drug-likeness (QED) is 0.567. The van der Waals surface area contributed by atoms with Crippen LogP contribution in [0.25, 0.3) is 0 Å². The van der Waals surface area contributed by atoms with Crippen LogP contribution in [0, 0.1) is 12.3 Å². The summed E-state index contributed by atoms with van der Waals surface area (Å²) >= 11 is 0. The third-order valence-electron chi connectivity index (χ3n) is 1.90. The number of terminal acetylenes is 1. The van der Waals surface area contributed by atoms with Crippen LogP contribution >= 0.6 is 0 Å². The Morgan fingerprint density at radius 2 is 2.55 bits per heavy atom. The molecule has 0 aliphatic carbocycles. The Morgan fingerprint density at radius 3 is 3.00 bits per heavy atom. The van der Waals surface area contributed by atoms with E-state index in [4.69, 9.17) is 6.42 Å². The highest BCUT2D eigenvalue weighted by Crippen LogP contribution is 2.10. The van der Waals surface area contributed by atoms with Crippen molar-refractivity contribution in [2.75, 3.05) is 13.1 Å². The molecule has 1 fully saturated rings. The van der Waals surface area contributed by atoms with Gasteiger partial charge in [-0.05, 0) is 0 Å². The number of rotatable bonds is 1. The number of hydrogen-bond acceptors (Lipinski definition) is 2. The van der Waals surface area contributed by atoms with Gasteiger partial charge in [-0.15, -0.1) is 6.42 Å². The Balaban J connectivity index is 2.19. The predicted molar refractivity (Wildman–Crippen MR) is 42.1 cm³/mol. The molecule has 1 aliphatic heterocycles. The van der Waals surface area contributed by atoms with Crippen molar-refractivity contribution in [2.45, 2.75) is 6.04 Å². The van der Waals surface area contributed by atoms with E-state index < -0.39 is 0 Å². The van der Waals surface area contributed by atoms with Crippen molar-refractivity contribution in [1.29, 1.82) is 0 Å². The largest absolute Gasteiger partial charge is 0.312 e. The van der Waals surface area contributed by atoms with Crippen LogP contribution in [0.5, 0.6) is 0 Å². The maximum Gasteiger partial charge on any atom is 0.0768 e. The molecule has 1 aliphatic rings. The van der Waals surface area contributed by atoms with Gasteiger partial charge in [-0.2, -0.15) is 5.10 Å². The van der Waals surface area contributed by atoms with Gasteiger partial charge in [0.1, 0.15) is 0 Å². The lowest BCUT2D eigenvalue weighted by atomic mass is 10.2. The summed E-state index contributed by atoms with van der Waals surface area (Å²) in [6.45, 7) is 2.01. The molecule has 11 heavy (non-hydrogen) atoms. The molecule has 0 aromatic carbocycles. The minimum absolute atomic E-state index is 0.511. The zero-order chi connectivity index (χ0) is 7.68. The van der Waals surface area contributed by atoms with Gasteiger partial charge in [0.05, 0.1) is 17.8 Å². The second kappa shape index (κ2) is 2.40. The predicted octanol–water partition coefficient (Wildman–Crippen LogP) is 0.00870. The Kier molecular flexibility index (Phi) is 1.41. The molecule has 56 valence electrons. The van der Waals surface area contributed by atoms with E-state index in [1.54, 1.807) is 6.20 Å². The first-order chi connectivity index (χ1) is 5.40. The third-order valence-corrected chi connectivity index (χ3v) is 1.90. The van der Waals surface area contributed by atoms with Gasteiger partial charge < -0.3 is 5.32 Å². The molecule has 3 nitrogen and oxygen atoms in total. The molecular formula is C8H9N3. The van der Waals surface area contributed by atoms with Crippen molar-refractivity contribution in [3.63, 3.8) is 0 Å². The Labute approximate surface area is 65.4 Å². The Bertz CT molecular complexity index is 291. The molecule has 3 heteroatoms. The smallest absolute Gasteiger partial charge is 0.0768 e. The van der Waals surface area contributed by atoms with Gasteiger partial charge in [0.15, 0.2) is 0 Å². The minimum atomic E-state index is 0.511. The van der Waals surface area contributed by atoms with E-state index in [0.29, 0.717) is 6.04 Å². The van der Waals surface area contributed by atoms with Crippen molar-refractivity contribution in [1.82, 2.24) is 15.1 Å². The maximum absolute atomic E-state index is 5.20. The van der Waals surface area contributed by atoms with Crippen LogP contribution in [-0.2, 0) is 0 Å². The molecule has 1 N–H and O–H groups in total. The number of aromatic nitrogens is 2. The van der Waals surface area contributed by atoms with Gasteiger partial charge >= 0.3 is 0 Å². The number of nitrogens with one attached hydrogen (secondary N) is 1. The molecule has 0 unspecified atom stereocenters. The summed E-state index contributed by atoms with van der Waals surface area (Å²) in [4.78, 5) is 0. The van der Waals surface area contributed by atoms with Crippen molar-refractivity contribution >= 4 is 0 Å². The van der Waals surface area contributed by atoms with Crippen LogP contribution in [0.15, 0.2) is 12.4 Å². The molecule has 1 aromatic heterocycles. The first kappa shape index (κ1) is 6.44. The summed E-state index contributed by atoms with van der Waals surface area (Å²) in [6, 6.07) is 0.511. The summed E-state index contributed by atoms with van der Waals surface area (Å²) in [5, 5.41) is 7.32. The maximum atomic E-state index is 5.20. The topological polar surface area (TPSA) is 29.9 Å². The number of hydrogen-bond donors (Lipinski definition) is 1. The zero-order valence-electron chi connectivity index (χ0n) is 6.12. The van der Waals surface area contributed by atoms with Gasteiger partial charge in [0.25, 0.3) is 0 Å². The molecule has 0 radical (unpaired) electrons. The SMILES string of the molecule is C#Cc1cnn(C2CNC2)c1. The normalized spacial score (nSPS) is 17.4. The van der Waals surface area contributed by atoms with E-state index in [9.17, 15) is 0 Å². The molecule has 2 rings (SSSR count). The lowest BCUT2D eigenvalue weighted by molar-refractivity contribution is 0.318. The van der Waals surface area contributed by atoms with Gasteiger partial charge in [0, 0.05) is 19.3 Å². The monoisotopic (exact) mass is 147 g/mol. The molecule has 2 heterocycles. The molecule has 0 spiro atoms. The fourth-order valence-corrected chi connectivity index (χ4v) is 1.07. The summed E-state index contributed by atoms with van der Waals surface area (Å²) in [7, 11) is 0. The number of nitrogens with zero attached hydrogens (tertiary/aromatic N) is 2. The first-order valence-corrected chi connectivity index (χ1v) is 3.61. The fourth-order valence-electron chi connectivity index (χ4n) is 1.07. The zero-order valence-corrected chi connectivity index (χ0v) is 6.12. The summed E-state index contributed by atoms with van der Waals surface area (Å²) in [6.07, 6.45) is 8.83. The van der Waals surface area contributed by atoms with Crippen LogP contribution in [0.1, 0.15) is 11.6 Å². The molecule has 0 bridgehead atoms. The third kappa shape index (κ3) is 1.02. The van der Waals surface area contributed by atoms with Crippen LogP contribution in [-0.4, -0.2) is 22.9 Å². The second-order valence-corrected chi connectivity index (χ2v) is 2.67. The summed E-state index contributed by atoms with van der Waals surface area (Å²) in [5.74, 6) is 2.55. The van der Waals surface area contributed by atoms with E-state index in [1.807, 2.05) is 10.9 Å².